The van der Waals surface area contributed by atoms with Gasteiger partial charge >= 0.3 is 0 Å². The Bertz CT molecular complexity index is 750. The van der Waals surface area contributed by atoms with Gasteiger partial charge in [0.1, 0.15) is 11.5 Å². The third kappa shape index (κ3) is 3.06. The standard InChI is InChI=1S/C18H17N3O/c1-13(14-8-4-2-5-9-14)20-18(22)16-12-19-17(21-16)15-10-6-3-7-11-15/h2-13H,1H3,(H,19,21)(H,20,22)/t13-/m1/s1. The van der Waals surface area contributed by atoms with E-state index in [2.05, 4.69) is 15.3 Å². The van der Waals surface area contributed by atoms with Crippen LogP contribution in [0.3, 0.4) is 0 Å². The van der Waals surface area contributed by atoms with E-state index in [1.807, 2.05) is 67.6 Å². The molecule has 4 nitrogen and oxygen atoms in total. The maximum atomic E-state index is 12.3. The highest BCUT2D eigenvalue weighted by atomic mass is 16.1. The van der Waals surface area contributed by atoms with Gasteiger partial charge in [0, 0.05) is 5.56 Å². The average Bonchev–Trinajstić information content (AvgIpc) is 3.06. The van der Waals surface area contributed by atoms with Crippen molar-refractivity contribution in [2.45, 2.75) is 13.0 Å². The number of H-pyrrole nitrogens is 1. The summed E-state index contributed by atoms with van der Waals surface area (Å²) in [4.78, 5) is 19.6. The molecule has 0 aliphatic carbocycles. The normalized spacial score (nSPS) is 11.9. The van der Waals surface area contributed by atoms with Crippen molar-refractivity contribution >= 4 is 5.91 Å². The molecule has 0 radical (unpaired) electrons. The van der Waals surface area contributed by atoms with E-state index in [1.54, 1.807) is 6.20 Å². The van der Waals surface area contributed by atoms with Gasteiger partial charge in [-0.25, -0.2) is 4.98 Å². The lowest BCUT2D eigenvalue weighted by atomic mass is 10.1. The summed E-state index contributed by atoms with van der Waals surface area (Å²) in [6, 6.07) is 19.5. The SMILES string of the molecule is C[C@@H](NC(=O)c1cnc(-c2ccccc2)[nH]1)c1ccccc1. The third-order valence-electron chi connectivity index (χ3n) is 3.51. The lowest BCUT2D eigenvalue weighted by Crippen LogP contribution is -2.26. The minimum Gasteiger partial charge on any atom is -0.344 e. The maximum absolute atomic E-state index is 12.3. The Kier molecular flexibility index (Phi) is 4.01. The van der Waals surface area contributed by atoms with Crippen LogP contribution in [0.4, 0.5) is 0 Å². The molecular formula is C18H17N3O. The molecule has 0 saturated carbocycles. The fourth-order valence-corrected chi connectivity index (χ4v) is 2.28. The zero-order valence-corrected chi connectivity index (χ0v) is 12.3. The first kappa shape index (κ1) is 14.1. The number of aromatic amines is 1. The molecule has 0 aliphatic heterocycles. The van der Waals surface area contributed by atoms with Gasteiger partial charge in [-0.2, -0.15) is 0 Å². The Hall–Kier alpha value is -2.88. The predicted molar refractivity (Wildman–Crippen MR) is 86.3 cm³/mol. The van der Waals surface area contributed by atoms with Gasteiger partial charge in [-0.05, 0) is 12.5 Å². The fourth-order valence-electron chi connectivity index (χ4n) is 2.28. The number of carbonyl (C=O) groups is 1. The minimum absolute atomic E-state index is 0.0582. The number of amides is 1. The van der Waals surface area contributed by atoms with E-state index in [9.17, 15) is 4.79 Å². The van der Waals surface area contributed by atoms with Crippen LogP contribution in [0.25, 0.3) is 11.4 Å². The van der Waals surface area contributed by atoms with Crippen LogP contribution < -0.4 is 5.32 Å². The second-order valence-electron chi connectivity index (χ2n) is 5.12. The Morgan fingerprint density at radius 2 is 1.68 bits per heavy atom. The number of hydrogen-bond donors (Lipinski definition) is 2. The quantitative estimate of drug-likeness (QED) is 0.772. The third-order valence-corrected chi connectivity index (χ3v) is 3.51. The molecule has 0 spiro atoms. The van der Waals surface area contributed by atoms with Gasteiger partial charge in [-0.1, -0.05) is 60.7 Å². The molecule has 0 bridgehead atoms. The zero-order valence-electron chi connectivity index (χ0n) is 12.3. The van der Waals surface area contributed by atoms with Crippen LogP contribution in [0.1, 0.15) is 29.0 Å². The summed E-state index contributed by atoms with van der Waals surface area (Å²) < 4.78 is 0. The van der Waals surface area contributed by atoms with Crippen LogP contribution in [0, 0.1) is 0 Å². The van der Waals surface area contributed by atoms with E-state index in [0.717, 1.165) is 11.1 Å². The van der Waals surface area contributed by atoms with Crippen molar-refractivity contribution < 1.29 is 4.79 Å². The Morgan fingerprint density at radius 1 is 1.05 bits per heavy atom. The summed E-state index contributed by atoms with van der Waals surface area (Å²) in [6.45, 7) is 1.96. The Labute approximate surface area is 129 Å². The molecule has 1 heterocycles. The number of benzene rings is 2. The molecule has 4 heteroatoms. The molecule has 110 valence electrons. The number of nitrogens with one attached hydrogen (secondary N) is 2. The van der Waals surface area contributed by atoms with E-state index >= 15 is 0 Å². The minimum atomic E-state index is -0.161. The lowest BCUT2D eigenvalue weighted by molar-refractivity contribution is 0.0935. The predicted octanol–water partition coefficient (Wildman–Crippen LogP) is 3.57. The van der Waals surface area contributed by atoms with Crippen LogP contribution >= 0.6 is 0 Å². The van der Waals surface area contributed by atoms with Crippen molar-refractivity contribution in [3.63, 3.8) is 0 Å². The summed E-state index contributed by atoms with van der Waals surface area (Å²) in [5.41, 5.74) is 2.48. The first-order valence-corrected chi connectivity index (χ1v) is 7.20. The fraction of sp³-hybridized carbons (Fsp3) is 0.111. The maximum Gasteiger partial charge on any atom is 0.269 e. The van der Waals surface area contributed by atoms with Crippen molar-refractivity contribution in [2.24, 2.45) is 0 Å². The van der Waals surface area contributed by atoms with Gasteiger partial charge in [0.05, 0.1) is 12.2 Å². The van der Waals surface area contributed by atoms with Gasteiger partial charge in [-0.3, -0.25) is 4.79 Å². The van der Waals surface area contributed by atoms with E-state index in [1.165, 1.54) is 0 Å². The summed E-state index contributed by atoms with van der Waals surface area (Å²) in [5.74, 6) is 0.532. The van der Waals surface area contributed by atoms with Gasteiger partial charge < -0.3 is 10.3 Å². The summed E-state index contributed by atoms with van der Waals surface area (Å²) in [6.07, 6.45) is 1.56. The van der Waals surface area contributed by atoms with Crippen LogP contribution in [-0.4, -0.2) is 15.9 Å². The molecule has 3 aromatic rings. The van der Waals surface area contributed by atoms with Crippen molar-refractivity contribution in [3.8, 4) is 11.4 Å². The number of imidazole rings is 1. The topological polar surface area (TPSA) is 57.8 Å². The number of aromatic nitrogens is 2. The summed E-state index contributed by atoms with van der Waals surface area (Å²) in [5, 5.41) is 2.97. The molecule has 2 N–H and O–H groups in total. The molecular weight excluding hydrogens is 274 g/mol. The second kappa shape index (κ2) is 6.26. The molecule has 1 amide bonds. The molecule has 3 rings (SSSR count). The molecule has 0 unspecified atom stereocenters. The molecule has 0 saturated heterocycles. The largest absolute Gasteiger partial charge is 0.344 e. The van der Waals surface area contributed by atoms with Crippen LogP contribution in [0.2, 0.25) is 0 Å². The van der Waals surface area contributed by atoms with E-state index in [0.29, 0.717) is 11.5 Å². The highest BCUT2D eigenvalue weighted by Crippen LogP contribution is 2.16. The van der Waals surface area contributed by atoms with E-state index < -0.39 is 0 Å². The highest BCUT2D eigenvalue weighted by molar-refractivity contribution is 5.92. The Balaban J connectivity index is 1.72. The monoisotopic (exact) mass is 291 g/mol. The van der Waals surface area contributed by atoms with Gasteiger partial charge in [-0.15, -0.1) is 0 Å². The molecule has 1 aromatic heterocycles. The summed E-state index contributed by atoms with van der Waals surface area (Å²) in [7, 11) is 0. The average molecular weight is 291 g/mol. The van der Waals surface area contributed by atoms with Crippen LogP contribution in [0.5, 0.6) is 0 Å². The second-order valence-corrected chi connectivity index (χ2v) is 5.12. The Morgan fingerprint density at radius 3 is 2.36 bits per heavy atom. The van der Waals surface area contributed by atoms with Crippen molar-refractivity contribution in [1.82, 2.24) is 15.3 Å². The number of hydrogen-bond acceptors (Lipinski definition) is 2. The molecule has 0 aliphatic rings. The number of rotatable bonds is 4. The van der Waals surface area contributed by atoms with E-state index in [-0.39, 0.29) is 11.9 Å². The molecule has 1 atom stereocenters. The van der Waals surface area contributed by atoms with E-state index in [4.69, 9.17) is 0 Å². The molecule has 22 heavy (non-hydrogen) atoms. The first-order chi connectivity index (χ1) is 10.7. The van der Waals surface area contributed by atoms with Gasteiger partial charge in [0.2, 0.25) is 0 Å². The molecule has 0 fully saturated rings. The van der Waals surface area contributed by atoms with Crippen LogP contribution in [0.15, 0.2) is 66.9 Å². The van der Waals surface area contributed by atoms with Crippen molar-refractivity contribution in [3.05, 3.63) is 78.1 Å². The van der Waals surface area contributed by atoms with Gasteiger partial charge in [0.25, 0.3) is 5.91 Å². The zero-order chi connectivity index (χ0) is 15.4. The molecule has 2 aromatic carbocycles. The first-order valence-electron chi connectivity index (χ1n) is 7.20. The van der Waals surface area contributed by atoms with Gasteiger partial charge in [0.15, 0.2) is 0 Å². The van der Waals surface area contributed by atoms with Crippen molar-refractivity contribution in [1.29, 1.82) is 0 Å². The summed E-state index contributed by atoms with van der Waals surface area (Å²) >= 11 is 0. The number of nitrogens with zero attached hydrogens (tertiary/aromatic N) is 1. The smallest absolute Gasteiger partial charge is 0.269 e. The van der Waals surface area contributed by atoms with Crippen LogP contribution in [-0.2, 0) is 0 Å². The highest BCUT2D eigenvalue weighted by Gasteiger charge is 2.14. The lowest BCUT2D eigenvalue weighted by Gasteiger charge is -2.13. The number of carbonyl (C=O) groups excluding carboxylic acids is 1. The van der Waals surface area contributed by atoms with Crippen molar-refractivity contribution in [2.75, 3.05) is 0 Å².